The maximum Gasteiger partial charge on any atom is 0.130 e. The van der Waals surface area contributed by atoms with Crippen LogP contribution >= 0.6 is 0 Å². The first-order valence-corrected chi connectivity index (χ1v) is 9.89. The molecule has 1 aromatic heterocycles. The van der Waals surface area contributed by atoms with E-state index in [-0.39, 0.29) is 24.6 Å². The van der Waals surface area contributed by atoms with Crippen LogP contribution in [0.15, 0.2) is 67.0 Å². The summed E-state index contributed by atoms with van der Waals surface area (Å²) >= 11 is 0. The van der Waals surface area contributed by atoms with Crippen LogP contribution in [0.4, 0.5) is 4.39 Å². The van der Waals surface area contributed by atoms with E-state index in [0.717, 1.165) is 23.4 Å². The highest BCUT2D eigenvalue weighted by atomic mass is 19.1. The number of aromatic nitrogens is 2. The van der Waals surface area contributed by atoms with Crippen molar-refractivity contribution < 1.29 is 14.2 Å². The van der Waals surface area contributed by atoms with E-state index in [1.807, 2.05) is 54.2 Å². The van der Waals surface area contributed by atoms with Crippen LogP contribution in [0.2, 0.25) is 0 Å². The minimum absolute atomic E-state index is 0.0561. The third-order valence-electron chi connectivity index (χ3n) is 4.89. The van der Waals surface area contributed by atoms with Crippen molar-refractivity contribution in [3.63, 3.8) is 0 Å². The zero-order valence-corrected chi connectivity index (χ0v) is 16.8. The van der Waals surface area contributed by atoms with Gasteiger partial charge in [-0.3, -0.25) is 0 Å². The summed E-state index contributed by atoms with van der Waals surface area (Å²) in [5, 5.41) is 13.8. The van der Waals surface area contributed by atoms with E-state index in [2.05, 4.69) is 17.2 Å². The Kier molecular flexibility index (Phi) is 7.52. The molecule has 0 spiro atoms. The van der Waals surface area contributed by atoms with E-state index in [9.17, 15) is 9.50 Å². The summed E-state index contributed by atoms with van der Waals surface area (Å²) in [4.78, 5) is 4.39. The molecule has 6 heteroatoms. The lowest BCUT2D eigenvalue weighted by atomic mass is 10.1. The van der Waals surface area contributed by atoms with Crippen molar-refractivity contribution in [3.8, 4) is 0 Å². The van der Waals surface area contributed by atoms with Crippen LogP contribution in [0.25, 0.3) is 0 Å². The van der Waals surface area contributed by atoms with Gasteiger partial charge in [-0.15, -0.1) is 0 Å². The van der Waals surface area contributed by atoms with Crippen molar-refractivity contribution in [2.24, 2.45) is 7.05 Å². The summed E-state index contributed by atoms with van der Waals surface area (Å²) in [6.45, 7) is 2.56. The Hall–Kier alpha value is -2.54. The van der Waals surface area contributed by atoms with Crippen LogP contribution in [0.3, 0.4) is 0 Å². The molecule has 0 amide bonds. The van der Waals surface area contributed by atoms with Gasteiger partial charge in [0.15, 0.2) is 0 Å². The topological polar surface area (TPSA) is 59.3 Å². The summed E-state index contributed by atoms with van der Waals surface area (Å²) in [7, 11) is 1.89. The van der Waals surface area contributed by atoms with Crippen molar-refractivity contribution in [1.29, 1.82) is 0 Å². The first-order valence-electron chi connectivity index (χ1n) is 9.89. The monoisotopic (exact) mass is 397 g/mol. The van der Waals surface area contributed by atoms with Gasteiger partial charge >= 0.3 is 0 Å². The van der Waals surface area contributed by atoms with E-state index >= 15 is 0 Å². The number of aliphatic hydroxyl groups excluding tert-OH is 1. The molecule has 1 heterocycles. The molecular formula is C23H28FN3O2. The number of rotatable bonds is 10. The number of aryl methyl sites for hydroxylation is 1. The van der Waals surface area contributed by atoms with Gasteiger partial charge in [0, 0.05) is 26.0 Å². The molecule has 0 saturated carbocycles. The molecule has 0 fully saturated rings. The summed E-state index contributed by atoms with van der Waals surface area (Å²) in [5.74, 6) is 0.445. The van der Waals surface area contributed by atoms with Crippen molar-refractivity contribution >= 4 is 0 Å². The molecular weight excluding hydrogens is 369 g/mol. The Morgan fingerprint density at radius 3 is 2.55 bits per heavy atom. The summed E-state index contributed by atoms with van der Waals surface area (Å²) < 4.78 is 21.6. The van der Waals surface area contributed by atoms with Crippen LogP contribution in [-0.2, 0) is 11.8 Å². The van der Waals surface area contributed by atoms with E-state index < -0.39 is 6.10 Å². The van der Waals surface area contributed by atoms with Gasteiger partial charge in [0.25, 0.3) is 0 Å². The van der Waals surface area contributed by atoms with Crippen LogP contribution in [-0.4, -0.2) is 33.9 Å². The number of benzene rings is 2. The van der Waals surface area contributed by atoms with Crippen molar-refractivity contribution in [2.45, 2.75) is 31.6 Å². The second kappa shape index (κ2) is 10.3. The minimum Gasteiger partial charge on any atom is -0.389 e. The highest BCUT2D eigenvalue weighted by Gasteiger charge is 2.20. The lowest BCUT2D eigenvalue weighted by Crippen LogP contribution is -2.35. The molecule has 3 aromatic rings. The van der Waals surface area contributed by atoms with Gasteiger partial charge in [0.1, 0.15) is 11.6 Å². The number of hydrogen-bond acceptors (Lipinski definition) is 4. The van der Waals surface area contributed by atoms with Crippen molar-refractivity contribution in [2.75, 3.05) is 13.2 Å². The fourth-order valence-electron chi connectivity index (χ4n) is 3.36. The Balaban J connectivity index is 1.62. The number of hydrogen-bond donors (Lipinski definition) is 2. The van der Waals surface area contributed by atoms with Gasteiger partial charge < -0.3 is 19.7 Å². The molecule has 3 unspecified atom stereocenters. The number of nitrogens with zero attached hydrogens (tertiary/aromatic N) is 2. The molecule has 29 heavy (non-hydrogen) atoms. The molecule has 0 aliphatic heterocycles. The Bertz CT molecular complexity index is 885. The van der Waals surface area contributed by atoms with Gasteiger partial charge in [-0.2, -0.15) is 0 Å². The fourth-order valence-corrected chi connectivity index (χ4v) is 3.36. The molecule has 0 bridgehead atoms. The third-order valence-corrected chi connectivity index (χ3v) is 4.89. The number of nitrogens with one attached hydrogen (secondary N) is 1. The summed E-state index contributed by atoms with van der Waals surface area (Å²) in [5.41, 5.74) is 1.85. The van der Waals surface area contributed by atoms with Crippen LogP contribution < -0.4 is 5.32 Å². The average molecular weight is 397 g/mol. The molecule has 3 atom stereocenters. The Morgan fingerprint density at radius 1 is 1.14 bits per heavy atom. The third kappa shape index (κ3) is 5.73. The largest absolute Gasteiger partial charge is 0.389 e. The second-order valence-electron chi connectivity index (χ2n) is 7.09. The molecule has 154 valence electrons. The molecule has 0 radical (unpaired) electrons. The maximum absolute atomic E-state index is 13.8. The van der Waals surface area contributed by atoms with E-state index in [1.165, 1.54) is 12.1 Å². The number of ether oxygens (including phenoxy) is 1. The van der Waals surface area contributed by atoms with Crippen molar-refractivity contribution in [1.82, 2.24) is 14.9 Å². The van der Waals surface area contributed by atoms with Crippen LogP contribution in [0.5, 0.6) is 0 Å². The summed E-state index contributed by atoms with van der Waals surface area (Å²) in [6, 6.07) is 16.1. The number of imidazole rings is 1. The second-order valence-corrected chi connectivity index (χ2v) is 7.09. The van der Waals surface area contributed by atoms with Crippen LogP contribution in [0.1, 0.15) is 42.4 Å². The Morgan fingerprint density at radius 2 is 1.90 bits per heavy atom. The molecule has 0 aliphatic carbocycles. The average Bonchev–Trinajstić information content (AvgIpc) is 3.15. The minimum atomic E-state index is -0.705. The summed E-state index contributed by atoms with van der Waals surface area (Å²) in [6.07, 6.45) is 3.61. The molecule has 2 aromatic carbocycles. The predicted molar refractivity (Wildman–Crippen MR) is 111 cm³/mol. The molecule has 5 nitrogen and oxygen atoms in total. The smallest absolute Gasteiger partial charge is 0.130 e. The maximum atomic E-state index is 13.8. The van der Waals surface area contributed by atoms with Crippen molar-refractivity contribution in [3.05, 3.63) is 89.8 Å². The first kappa shape index (κ1) is 21.2. The molecule has 0 aliphatic rings. The fraction of sp³-hybridized carbons (Fsp3) is 0.348. The highest BCUT2D eigenvalue weighted by molar-refractivity contribution is 5.26. The number of halogens is 1. The van der Waals surface area contributed by atoms with E-state index in [4.69, 9.17) is 4.74 Å². The van der Waals surface area contributed by atoms with E-state index in [1.54, 1.807) is 12.3 Å². The quantitative estimate of drug-likeness (QED) is 0.547. The normalized spacial score (nSPS) is 14.5. The first-order chi connectivity index (χ1) is 14.1. The lowest BCUT2D eigenvalue weighted by Gasteiger charge is -2.23. The van der Waals surface area contributed by atoms with Gasteiger partial charge in [-0.05, 0) is 29.7 Å². The molecule has 3 rings (SSSR count). The van der Waals surface area contributed by atoms with Gasteiger partial charge in [-0.1, -0.05) is 49.4 Å². The zero-order valence-electron chi connectivity index (χ0n) is 16.8. The molecule has 0 saturated heterocycles. The van der Waals surface area contributed by atoms with Gasteiger partial charge in [-0.25, -0.2) is 9.37 Å². The van der Waals surface area contributed by atoms with Crippen LogP contribution in [0, 0.1) is 5.82 Å². The zero-order chi connectivity index (χ0) is 20.6. The standard InChI is InChI=1S/C23H28FN3O2/c1-3-21(17-8-5-4-6-9-17)29-16-20(28)15-26-22(23-25-12-13-27(23)2)18-10-7-11-19(24)14-18/h4-14,20-22,26,28H,3,15-16H2,1-2H3. The lowest BCUT2D eigenvalue weighted by molar-refractivity contribution is -0.0119. The SMILES string of the molecule is CCC(OCC(O)CNC(c1cccc(F)c1)c1nccn1C)c1ccccc1. The van der Waals surface area contributed by atoms with Gasteiger partial charge in [0.05, 0.1) is 24.9 Å². The van der Waals surface area contributed by atoms with Gasteiger partial charge in [0.2, 0.25) is 0 Å². The number of aliphatic hydroxyl groups is 1. The Labute approximate surface area is 171 Å². The highest BCUT2D eigenvalue weighted by Crippen LogP contribution is 2.22. The molecule has 2 N–H and O–H groups in total. The van der Waals surface area contributed by atoms with E-state index in [0.29, 0.717) is 6.54 Å². The predicted octanol–water partition coefficient (Wildman–Crippen LogP) is 3.77.